The molecule has 4 nitrogen and oxygen atoms in total. The van der Waals surface area contributed by atoms with Gasteiger partial charge in [0.1, 0.15) is 5.75 Å². The summed E-state index contributed by atoms with van der Waals surface area (Å²) < 4.78 is 5.62. The smallest absolute Gasteiger partial charge is 0.258 e. The number of rotatable bonds is 6. The van der Waals surface area contributed by atoms with E-state index in [1.54, 1.807) is 0 Å². The monoisotopic (exact) mass is 290 g/mol. The van der Waals surface area contributed by atoms with E-state index in [9.17, 15) is 4.79 Å². The molecule has 0 saturated carbocycles. The lowest BCUT2D eigenvalue weighted by Crippen LogP contribution is -2.35. The number of amides is 1. The summed E-state index contributed by atoms with van der Waals surface area (Å²) >= 11 is 0. The van der Waals surface area contributed by atoms with E-state index in [1.807, 2.05) is 27.0 Å². The van der Waals surface area contributed by atoms with Crippen molar-refractivity contribution in [3.63, 3.8) is 0 Å². The molecule has 0 aromatic heterocycles. The van der Waals surface area contributed by atoms with Gasteiger partial charge in [0.2, 0.25) is 0 Å². The van der Waals surface area contributed by atoms with Crippen LogP contribution < -0.4 is 15.4 Å². The predicted molar refractivity (Wildman–Crippen MR) is 84.6 cm³/mol. The Morgan fingerprint density at radius 2 is 2.29 bits per heavy atom. The van der Waals surface area contributed by atoms with Gasteiger partial charge in [-0.2, -0.15) is 0 Å². The van der Waals surface area contributed by atoms with E-state index in [-0.39, 0.29) is 18.6 Å². The predicted octanol–water partition coefficient (Wildman–Crippen LogP) is 2.58. The van der Waals surface area contributed by atoms with Crippen molar-refractivity contribution >= 4 is 5.91 Å². The molecule has 2 N–H and O–H groups in total. The Morgan fingerprint density at radius 1 is 1.48 bits per heavy atom. The summed E-state index contributed by atoms with van der Waals surface area (Å²) in [7, 11) is 2.00. The lowest BCUT2D eigenvalue weighted by atomic mass is 9.87. The minimum absolute atomic E-state index is 0.0600. The Labute approximate surface area is 127 Å². The number of carbonyl (C=O) groups is 1. The molecule has 2 rings (SSSR count). The van der Waals surface area contributed by atoms with Gasteiger partial charge in [0.05, 0.1) is 0 Å². The molecular weight excluding hydrogens is 264 g/mol. The van der Waals surface area contributed by atoms with Crippen molar-refractivity contribution < 1.29 is 9.53 Å². The molecule has 1 aliphatic carbocycles. The van der Waals surface area contributed by atoms with Crippen LogP contribution in [0.4, 0.5) is 0 Å². The fraction of sp³-hybridized carbons (Fsp3) is 0.588. The van der Waals surface area contributed by atoms with Crippen LogP contribution in [0, 0.1) is 0 Å². The quantitative estimate of drug-likeness (QED) is 0.846. The molecule has 1 aromatic rings. The first-order chi connectivity index (χ1) is 10.1. The maximum absolute atomic E-state index is 11.7. The van der Waals surface area contributed by atoms with E-state index < -0.39 is 0 Å². The Morgan fingerprint density at radius 3 is 3.00 bits per heavy atom. The van der Waals surface area contributed by atoms with E-state index in [4.69, 9.17) is 4.74 Å². The fourth-order valence-electron chi connectivity index (χ4n) is 2.75. The largest absolute Gasteiger partial charge is 0.484 e. The van der Waals surface area contributed by atoms with E-state index in [0.29, 0.717) is 6.04 Å². The lowest BCUT2D eigenvalue weighted by Gasteiger charge is -2.25. The Bertz CT molecular complexity index is 488. The molecule has 0 heterocycles. The standard InChI is InChI=1S/C17H26N2O2/c1-4-12(2)19-17(20)11-21-14-8-9-15-13(10-14)6-5-7-16(15)18-3/h8-10,12,16,18H,4-7,11H2,1-3H3,(H,19,20). The van der Waals surface area contributed by atoms with Gasteiger partial charge in [-0.05, 0) is 62.9 Å². The first-order valence-electron chi connectivity index (χ1n) is 7.86. The summed E-state index contributed by atoms with van der Waals surface area (Å²) in [5.74, 6) is 0.722. The van der Waals surface area contributed by atoms with E-state index in [1.165, 1.54) is 24.0 Å². The molecule has 0 fully saturated rings. The van der Waals surface area contributed by atoms with Gasteiger partial charge in [0.25, 0.3) is 5.91 Å². The highest BCUT2D eigenvalue weighted by molar-refractivity contribution is 5.77. The van der Waals surface area contributed by atoms with Crippen LogP contribution in [-0.4, -0.2) is 25.6 Å². The molecular formula is C17H26N2O2. The van der Waals surface area contributed by atoms with Gasteiger partial charge in [-0.1, -0.05) is 13.0 Å². The molecule has 116 valence electrons. The number of aryl methyl sites for hydroxylation is 1. The zero-order valence-corrected chi connectivity index (χ0v) is 13.2. The molecule has 0 aliphatic heterocycles. The van der Waals surface area contributed by atoms with Gasteiger partial charge in [-0.25, -0.2) is 0 Å². The second kappa shape index (κ2) is 7.46. The zero-order chi connectivity index (χ0) is 15.2. The minimum atomic E-state index is -0.0600. The average molecular weight is 290 g/mol. The number of ether oxygens (including phenoxy) is 1. The molecule has 1 amide bonds. The minimum Gasteiger partial charge on any atom is -0.484 e. The third kappa shape index (κ3) is 4.21. The number of nitrogens with one attached hydrogen (secondary N) is 2. The summed E-state index contributed by atoms with van der Waals surface area (Å²) in [4.78, 5) is 11.7. The van der Waals surface area contributed by atoms with Crippen molar-refractivity contribution in [2.45, 2.75) is 51.6 Å². The molecule has 1 aliphatic rings. The summed E-state index contributed by atoms with van der Waals surface area (Å²) in [6.07, 6.45) is 4.39. The molecule has 21 heavy (non-hydrogen) atoms. The van der Waals surface area contributed by atoms with Crippen molar-refractivity contribution in [1.29, 1.82) is 0 Å². The van der Waals surface area contributed by atoms with Crippen LogP contribution in [0.25, 0.3) is 0 Å². The molecule has 2 atom stereocenters. The van der Waals surface area contributed by atoms with Crippen LogP contribution in [0.15, 0.2) is 18.2 Å². The highest BCUT2D eigenvalue weighted by Crippen LogP contribution is 2.31. The van der Waals surface area contributed by atoms with Crippen molar-refractivity contribution in [3.05, 3.63) is 29.3 Å². The summed E-state index contributed by atoms with van der Waals surface area (Å²) in [6.45, 7) is 4.13. The number of fused-ring (bicyclic) bond motifs is 1. The molecule has 0 bridgehead atoms. The highest BCUT2D eigenvalue weighted by atomic mass is 16.5. The van der Waals surface area contributed by atoms with Gasteiger partial charge in [-0.3, -0.25) is 4.79 Å². The van der Waals surface area contributed by atoms with Crippen molar-refractivity contribution in [2.75, 3.05) is 13.7 Å². The van der Waals surface area contributed by atoms with Gasteiger partial charge >= 0.3 is 0 Å². The fourth-order valence-corrected chi connectivity index (χ4v) is 2.75. The van der Waals surface area contributed by atoms with E-state index in [0.717, 1.165) is 18.6 Å². The van der Waals surface area contributed by atoms with Crippen LogP contribution in [0.5, 0.6) is 5.75 Å². The van der Waals surface area contributed by atoms with Crippen LogP contribution in [-0.2, 0) is 11.2 Å². The molecule has 0 spiro atoms. The average Bonchev–Trinajstić information content (AvgIpc) is 2.51. The maximum Gasteiger partial charge on any atom is 0.258 e. The second-order valence-electron chi connectivity index (χ2n) is 5.76. The van der Waals surface area contributed by atoms with Gasteiger partial charge in [0.15, 0.2) is 6.61 Å². The Hall–Kier alpha value is -1.55. The number of carbonyl (C=O) groups excluding carboxylic acids is 1. The maximum atomic E-state index is 11.7. The SMILES string of the molecule is CCC(C)NC(=O)COc1ccc2c(c1)CCCC2NC. The summed E-state index contributed by atoms with van der Waals surface area (Å²) in [5, 5.41) is 6.26. The summed E-state index contributed by atoms with van der Waals surface area (Å²) in [5.41, 5.74) is 2.69. The van der Waals surface area contributed by atoms with Gasteiger partial charge in [-0.15, -0.1) is 0 Å². The topological polar surface area (TPSA) is 50.4 Å². The van der Waals surface area contributed by atoms with Crippen molar-refractivity contribution in [2.24, 2.45) is 0 Å². The van der Waals surface area contributed by atoms with Crippen LogP contribution in [0.2, 0.25) is 0 Å². The third-order valence-electron chi connectivity index (χ3n) is 4.17. The van der Waals surface area contributed by atoms with Crippen LogP contribution in [0.1, 0.15) is 50.3 Å². The van der Waals surface area contributed by atoms with E-state index in [2.05, 4.69) is 22.8 Å². The van der Waals surface area contributed by atoms with Crippen LogP contribution >= 0.6 is 0 Å². The zero-order valence-electron chi connectivity index (χ0n) is 13.2. The van der Waals surface area contributed by atoms with Crippen molar-refractivity contribution in [1.82, 2.24) is 10.6 Å². The van der Waals surface area contributed by atoms with Gasteiger partial charge in [0, 0.05) is 12.1 Å². The Balaban J connectivity index is 1.95. The number of hydrogen-bond acceptors (Lipinski definition) is 3. The Kier molecular flexibility index (Phi) is 5.62. The first kappa shape index (κ1) is 15.8. The molecule has 0 radical (unpaired) electrons. The molecule has 4 heteroatoms. The number of benzene rings is 1. The lowest BCUT2D eigenvalue weighted by molar-refractivity contribution is -0.123. The number of hydrogen-bond donors (Lipinski definition) is 2. The molecule has 2 unspecified atom stereocenters. The molecule has 1 aromatic carbocycles. The van der Waals surface area contributed by atoms with Gasteiger partial charge < -0.3 is 15.4 Å². The first-order valence-corrected chi connectivity index (χ1v) is 7.86. The van der Waals surface area contributed by atoms with Crippen molar-refractivity contribution in [3.8, 4) is 5.75 Å². The van der Waals surface area contributed by atoms with E-state index >= 15 is 0 Å². The second-order valence-corrected chi connectivity index (χ2v) is 5.76. The third-order valence-corrected chi connectivity index (χ3v) is 4.17. The highest BCUT2D eigenvalue weighted by Gasteiger charge is 2.19. The summed E-state index contributed by atoms with van der Waals surface area (Å²) in [6, 6.07) is 6.80. The molecule has 0 saturated heterocycles. The normalized spacial score (nSPS) is 18.7. The van der Waals surface area contributed by atoms with Crippen LogP contribution in [0.3, 0.4) is 0 Å².